The van der Waals surface area contributed by atoms with Crippen molar-refractivity contribution >= 4 is 17.3 Å². The van der Waals surface area contributed by atoms with Gasteiger partial charge in [0.25, 0.3) is 5.91 Å². The van der Waals surface area contributed by atoms with Crippen LogP contribution >= 0.6 is 0 Å². The lowest BCUT2D eigenvalue weighted by Gasteiger charge is -2.09. The molecule has 0 unspecified atom stereocenters. The normalized spacial score (nSPS) is 10.9. The fraction of sp³-hybridized carbons (Fsp3) is 0.100. The van der Waals surface area contributed by atoms with Crippen LogP contribution in [0.15, 0.2) is 47.5 Å². The van der Waals surface area contributed by atoms with E-state index in [1.807, 2.05) is 25.1 Å². The molecule has 0 radical (unpaired) electrons. The maximum Gasteiger partial charge on any atom is 0.278 e. The van der Waals surface area contributed by atoms with Crippen molar-refractivity contribution in [3.8, 4) is 22.7 Å². The molecule has 0 fully saturated rings. The van der Waals surface area contributed by atoms with Crippen LogP contribution in [0.2, 0.25) is 0 Å². The van der Waals surface area contributed by atoms with Crippen LogP contribution in [0, 0.1) is 18.6 Å². The largest absolute Gasteiger partial charge is 0.445 e. The highest BCUT2D eigenvalue weighted by Crippen LogP contribution is 2.34. The monoisotopic (exact) mass is 410 g/mol. The zero-order chi connectivity index (χ0) is 21.4. The number of nitrogens with zero attached hydrogens (tertiary/aromatic N) is 4. The van der Waals surface area contributed by atoms with E-state index in [0.29, 0.717) is 22.7 Å². The number of benzene rings is 1. The van der Waals surface area contributed by atoms with Crippen LogP contribution in [-0.4, -0.2) is 25.7 Å². The maximum absolute atomic E-state index is 13.8. The summed E-state index contributed by atoms with van der Waals surface area (Å²) in [5, 5.41) is 6.32. The second kappa shape index (κ2) is 7.39. The van der Waals surface area contributed by atoms with Crippen LogP contribution in [0.4, 0.5) is 20.2 Å². The van der Waals surface area contributed by atoms with Crippen LogP contribution < -0.4 is 11.1 Å². The van der Waals surface area contributed by atoms with Gasteiger partial charge in [0.15, 0.2) is 17.3 Å². The highest BCUT2D eigenvalue weighted by atomic mass is 19.1. The molecule has 0 aliphatic rings. The van der Waals surface area contributed by atoms with Crippen LogP contribution in [-0.2, 0) is 7.05 Å². The number of pyridine rings is 1. The first-order chi connectivity index (χ1) is 14.4. The van der Waals surface area contributed by atoms with Gasteiger partial charge in [0.1, 0.15) is 12.0 Å². The molecule has 0 spiro atoms. The molecule has 0 saturated heterocycles. The van der Waals surface area contributed by atoms with Gasteiger partial charge in [-0.3, -0.25) is 14.5 Å². The molecule has 0 aliphatic heterocycles. The van der Waals surface area contributed by atoms with E-state index in [1.165, 1.54) is 17.1 Å². The molecule has 3 aromatic heterocycles. The Morgan fingerprint density at radius 3 is 2.63 bits per heavy atom. The van der Waals surface area contributed by atoms with Crippen molar-refractivity contribution in [3.63, 3.8) is 0 Å². The first kappa shape index (κ1) is 19.2. The molecule has 0 saturated carbocycles. The Hall–Kier alpha value is -4.08. The number of amides is 1. The van der Waals surface area contributed by atoms with E-state index in [-0.39, 0.29) is 11.4 Å². The molecule has 0 atom stereocenters. The van der Waals surface area contributed by atoms with E-state index < -0.39 is 23.2 Å². The quantitative estimate of drug-likeness (QED) is 0.532. The predicted octanol–water partition coefficient (Wildman–Crippen LogP) is 3.56. The SMILES string of the molecule is Cc1ccc(-c2ncco2)cc1-c1c(N)c(C(=O)Nc2c(F)cncc2F)nn1C. The molecule has 3 heterocycles. The van der Waals surface area contributed by atoms with Crippen molar-refractivity contribution in [2.75, 3.05) is 11.1 Å². The number of carbonyl (C=O) groups excluding carboxylic acids is 1. The van der Waals surface area contributed by atoms with Gasteiger partial charge in [-0.15, -0.1) is 0 Å². The van der Waals surface area contributed by atoms with E-state index in [2.05, 4.69) is 20.4 Å². The number of carbonyl (C=O) groups is 1. The fourth-order valence-electron chi connectivity index (χ4n) is 3.11. The van der Waals surface area contributed by atoms with Crippen LogP contribution in [0.3, 0.4) is 0 Å². The van der Waals surface area contributed by atoms with E-state index in [9.17, 15) is 13.6 Å². The van der Waals surface area contributed by atoms with Gasteiger partial charge in [-0.1, -0.05) is 6.07 Å². The summed E-state index contributed by atoms with van der Waals surface area (Å²) < 4.78 is 34.4. The smallest absolute Gasteiger partial charge is 0.278 e. The van der Waals surface area contributed by atoms with Gasteiger partial charge >= 0.3 is 0 Å². The molecule has 0 aliphatic carbocycles. The van der Waals surface area contributed by atoms with Gasteiger partial charge < -0.3 is 15.5 Å². The van der Waals surface area contributed by atoms with Crippen molar-refractivity contribution in [2.24, 2.45) is 7.05 Å². The highest BCUT2D eigenvalue weighted by molar-refractivity contribution is 6.08. The number of aryl methyl sites for hydroxylation is 2. The molecule has 8 nitrogen and oxygen atoms in total. The number of rotatable bonds is 4. The molecule has 0 bridgehead atoms. The summed E-state index contributed by atoms with van der Waals surface area (Å²) >= 11 is 0. The number of hydrogen-bond acceptors (Lipinski definition) is 6. The minimum Gasteiger partial charge on any atom is -0.445 e. The Morgan fingerprint density at radius 2 is 1.97 bits per heavy atom. The van der Waals surface area contributed by atoms with Crippen LogP contribution in [0.5, 0.6) is 0 Å². The average molecular weight is 410 g/mol. The number of anilines is 2. The lowest BCUT2D eigenvalue weighted by Crippen LogP contribution is -2.16. The molecule has 4 rings (SSSR count). The van der Waals surface area contributed by atoms with E-state index in [4.69, 9.17) is 10.2 Å². The highest BCUT2D eigenvalue weighted by Gasteiger charge is 2.24. The fourth-order valence-corrected chi connectivity index (χ4v) is 3.11. The minimum atomic E-state index is -1.01. The maximum atomic E-state index is 13.8. The molecule has 30 heavy (non-hydrogen) atoms. The van der Waals surface area contributed by atoms with Gasteiger partial charge in [-0.25, -0.2) is 13.8 Å². The van der Waals surface area contributed by atoms with Crippen LogP contribution in [0.1, 0.15) is 16.1 Å². The van der Waals surface area contributed by atoms with Gasteiger partial charge in [-0.05, 0) is 24.6 Å². The summed E-state index contributed by atoms with van der Waals surface area (Å²) in [5.41, 5.74) is 8.27. The third-order valence-electron chi connectivity index (χ3n) is 4.56. The molecule has 3 N–H and O–H groups in total. The lowest BCUT2D eigenvalue weighted by molar-refractivity contribution is 0.102. The Balaban J connectivity index is 1.75. The molecular weight excluding hydrogens is 394 g/mol. The average Bonchev–Trinajstić information content (AvgIpc) is 3.34. The van der Waals surface area contributed by atoms with E-state index >= 15 is 0 Å². The first-order valence-corrected chi connectivity index (χ1v) is 8.80. The third kappa shape index (κ3) is 3.28. The van der Waals surface area contributed by atoms with Crippen molar-refractivity contribution < 1.29 is 18.0 Å². The van der Waals surface area contributed by atoms with Crippen molar-refractivity contribution in [3.05, 3.63) is 65.9 Å². The Morgan fingerprint density at radius 1 is 1.23 bits per heavy atom. The molecular formula is C20H16F2N6O2. The standard InChI is InChI=1S/C20H16F2N6O2/c1-10-3-4-11(20-25-5-6-30-20)7-12(10)18-15(23)17(27-28(18)2)19(29)26-16-13(21)8-24-9-14(16)22/h3-9H,23H2,1-2H3,(H,24,26,29). The second-order valence-corrected chi connectivity index (χ2v) is 6.53. The zero-order valence-electron chi connectivity index (χ0n) is 16.0. The van der Waals surface area contributed by atoms with Gasteiger partial charge in [0.2, 0.25) is 5.89 Å². The Labute approximate surface area is 169 Å². The summed E-state index contributed by atoms with van der Waals surface area (Å²) in [6.45, 7) is 1.88. The number of halogens is 2. The number of nitrogens with two attached hydrogens (primary N) is 1. The number of aromatic nitrogens is 4. The number of nitrogen functional groups attached to an aromatic ring is 1. The zero-order valence-corrected chi connectivity index (χ0v) is 16.0. The number of hydrogen-bond donors (Lipinski definition) is 2. The molecule has 10 heteroatoms. The molecule has 152 valence electrons. The summed E-state index contributed by atoms with van der Waals surface area (Å²) in [7, 11) is 1.62. The summed E-state index contributed by atoms with van der Waals surface area (Å²) in [5.74, 6) is -2.43. The van der Waals surface area contributed by atoms with E-state index in [1.54, 1.807) is 7.05 Å². The number of nitrogens with one attached hydrogen (secondary N) is 1. The second-order valence-electron chi connectivity index (χ2n) is 6.53. The summed E-state index contributed by atoms with van der Waals surface area (Å²) in [4.78, 5) is 20.1. The van der Waals surface area contributed by atoms with Gasteiger partial charge in [0, 0.05) is 18.2 Å². The molecule has 1 aromatic carbocycles. The molecule has 1 amide bonds. The Kier molecular flexibility index (Phi) is 4.74. The first-order valence-electron chi connectivity index (χ1n) is 8.80. The number of oxazole rings is 1. The van der Waals surface area contributed by atoms with Gasteiger partial charge in [0.05, 0.1) is 30.0 Å². The lowest BCUT2D eigenvalue weighted by atomic mass is 10.0. The van der Waals surface area contributed by atoms with E-state index in [0.717, 1.165) is 18.0 Å². The molecule has 4 aromatic rings. The topological polar surface area (TPSA) is 112 Å². The summed E-state index contributed by atoms with van der Waals surface area (Å²) in [6.07, 6.45) is 4.59. The van der Waals surface area contributed by atoms with Crippen molar-refractivity contribution in [1.82, 2.24) is 19.7 Å². The Bertz CT molecular complexity index is 1230. The predicted molar refractivity (Wildman–Crippen MR) is 105 cm³/mol. The van der Waals surface area contributed by atoms with Crippen molar-refractivity contribution in [1.29, 1.82) is 0 Å². The minimum absolute atomic E-state index is 0.0672. The van der Waals surface area contributed by atoms with Gasteiger partial charge in [-0.2, -0.15) is 5.10 Å². The third-order valence-corrected chi connectivity index (χ3v) is 4.56. The summed E-state index contributed by atoms with van der Waals surface area (Å²) in [6, 6.07) is 5.53. The van der Waals surface area contributed by atoms with Crippen LogP contribution in [0.25, 0.3) is 22.7 Å². The van der Waals surface area contributed by atoms with Crippen molar-refractivity contribution in [2.45, 2.75) is 6.92 Å².